The van der Waals surface area contributed by atoms with Crippen LogP contribution in [0.15, 0.2) is 12.1 Å². The molecule has 3 nitrogen and oxygen atoms in total. The van der Waals surface area contributed by atoms with Gasteiger partial charge in [-0.3, -0.25) is 0 Å². The van der Waals surface area contributed by atoms with Gasteiger partial charge in [-0.05, 0) is 24.3 Å². The van der Waals surface area contributed by atoms with Gasteiger partial charge in [-0.15, -0.1) is 0 Å². The van der Waals surface area contributed by atoms with Crippen molar-refractivity contribution in [2.45, 2.75) is 19.8 Å². The third-order valence-electron chi connectivity index (χ3n) is 2.81. The fourth-order valence-corrected chi connectivity index (χ4v) is 3.05. The number of nitrogens with zero attached hydrogens (tertiary/aromatic N) is 1. The van der Waals surface area contributed by atoms with Gasteiger partial charge in [0.15, 0.2) is 0 Å². The lowest BCUT2D eigenvalue weighted by molar-refractivity contribution is 0.501. The van der Waals surface area contributed by atoms with E-state index in [0.717, 1.165) is 23.2 Å². The summed E-state index contributed by atoms with van der Waals surface area (Å²) in [6.07, 6.45) is 2.33. The molecule has 0 bridgehead atoms. The largest absolute Gasteiger partial charge is 0.511 e. The van der Waals surface area contributed by atoms with E-state index >= 15 is 0 Å². The molecule has 2 N–H and O–H groups in total. The van der Waals surface area contributed by atoms with Gasteiger partial charge < -0.3 is 10.1 Å². The Balaban J connectivity index is 2.31. The summed E-state index contributed by atoms with van der Waals surface area (Å²) in [4.78, 5) is 7.26. The Morgan fingerprint density at radius 1 is 1.53 bits per heavy atom. The van der Waals surface area contributed by atoms with Crippen molar-refractivity contribution in [3.8, 4) is 0 Å². The number of aliphatic hydroxyl groups is 1. The average Bonchev–Trinajstić information content (AvgIpc) is 2.72. The molecule has 0 radical (unpaired) electrons. The molecule has 0 aliphatic carbocycles. The predicted molar refractivity (Wildman–Crippen MR) is 84.1 cm³/mol. The number of aliphatic hydroxyl groups excluding tert-OH is 1. The first kappa shape index (κ1) is 14.3. The number of rotatable bonds is 5. The van der Waals surface area contributed by atoms with E-state index in [1.165, 1.54) is 6.42 Å². The van der Waals surface area contributed by atoms with E-state index in [1.54, 1.807) is 17.8 Å². The smallest absolute Gasteiger partial charge is 0.123 e. The van der Waals surface area contributed by atoms with E-state index < -0.39 is 0 Å². The highest BCUT2D eigenvalue weighted by atomic mass is 35.5. The van der Waals surface area contributed by atoms with Crippen LogP contribution in [0.3, 0.4) is 0 Å². The second-order valence-corrected chi connectivity index (χ2v) is 5.90. The summed E-state index contributed by atoms with van der Waals surface area (Å²) in [6, 6.07) is 3.58. The summed E-state index contributed by atoms with van der Waals surface area (Å²) < 4.78 is 0. The molecule has 102 valence electrons. The van der Waals surface area contributed by atoms with Crippen LogP contribution in [0.1, 0.15) is 19.8 Å². The van der Waals surface area contributed by atoms with E-state index in [9.17, 15) is 5.11 Å². The van der Waals surface area contributed by atoms with Crippen LogP contribution in [0.25, 0.3) is 23.4 Å². The van der Waals surface area contributed by atoms with Crippen LogP contribution in [-0.4, -0.2) is 26.6 Å². The molecule has 1 aromatic heterocycles. The molecule has 0 aliphatic rings. The Labute approximate surface area is 121 Å². The number of halogens is 1. The maximum Gasteiger partial charge on any atom is 0.123 e. The zero-order valence-electron chi connectivity index (χ0n) is 10.9. The van der Waals surface area contributed by atoms with Gasteiger partial charge in [0, 0.05) is 5.22 Å². The van der Waals surface area contributed by atoms with Crippen LogP contribution in [-0.2, 0) is 0 Å². The van der Waals surface area contributed by atoms with Crippen molar-refractivity contribution in [1.82, 2.24) is 9.97 Å². The first-order chi connectivity index (χ1) is 9.11. The standard InChI is InChI=1S/C14H17ClN2OS/c1-3-4-5-19-8-14(18)10-6-12-13(7-11(10)15)17-9(2)16-12/h6-7,16,18H,2-5,8H2,1H3. The van der Waals surface area contributed by atoms with Crippen LogP contribution in [0, 0.1) is 0 Å². The number of hydrogen-bond acceptors (Lipinski definition) is 3. The average molecular weight is 297 g/mol. The van der Waals surface area contributed by atoms with Crippen molar-refractivity contribution in [1.29, 1.82) is 0 Å². The Bertz CT molecular complexity index is 681. The monoisotopic (exact) mass is 296 g/mol. The summed E-state index contributed by atoms with van der Waals surface area (Å²) in [7, 11) is 0. The maximum atomic E-state index is 10.1. The molecule has 1 heterocycles. The number of aromatic nitrogens is 2. The predicted octanol–water partition coefficient (Wildman–Crippen LogP) is 2.83. The SMILES string of the molecule is C=c1nc2cc(Cl)c(=C(O)CSCCCC)cc2[nH]1. The van der Waals surface area contributed by atoms with Gasteiger partial charge in [0.25, 0.3) is 0 Å². The van der Waals surface area contributed by atoms with Crippen LogP contribution < -0.4 is 10.7 Å². The highest BCUT2D eigenvalue weighted by Gasteiger charge is 2.05. The zero-order valence-corrected chi connectivity index (χ0v) is 12.4. The van der Waals surface area contributed by atoms with Crippen LogP contribution >= 0.6 is 23.4 Å². The highest BCUT2D eigenvalue weighted by molar-refractivity contribution is 7.99. The fourth-order valence-electron chi connectivity index (χ4n) is 1.80. The molecule has 2 rings (SSSR count). The van der Waals surface area contributed by atoms with Gasteiger partial charge in [0.2, 0.25) is 0 Å². The summed E-state index contributed by atoms with van der Waals surface area (Å²) in [5, 5.41) is 11.3. The van der Waals surface area contributed by atoms with Gasteiger partial charge in [-0.1, -0.05) is 31.5 Å². The minimum atomic E-state index is 0.313. The number of nitrogens with one attached hydrogen (secondary N) is 1. The molecule has 0 aliphatic heterocycles. The molecule has 5 heteroatoms. The molecule has 19 heavy (non-hydrogen) atoms. The zero-order chi connectivity index (χ0) is 13.8. The molecule has 0 saturated heterocycles. The fraction of sp³-hybridized carbons (Fsp3) is 0.357. The first-order valence-corrected chi connectivity index (χ1v) is 7.79. The van der Waals surface area contributed by atoms with Crippen molar-refractivity contribution < 1.29 is 5.11 Å². The Kier molecular flexibility index (Phi) is 4.77. The summed E-state index contributed by atoms with van der Waals surface area (Å²) in [6.45, 7) is 5.91. The molecule has 0 unspecified atom stereocenters. The Hall–Kier alpha value is -1.13. The first-order valence-electron chi connectivity index (χ1n) is 6.26. The highest BCUT2D eigenvalue weighted by Crippen LogP contribution is 2.13. The number of unbranched alkanes of at least 4 members (excludes halogenated alkanes) is 1. The van der Waals surface area contributed by atoms with Crippen LogP contribution in [0.2, 0.25) is 5.02 Å². The molecule has 0 spiro atoms. The quantitative estimate of drug-likeness (QED) is 0.834. The number of hydrogen-bond donors (Lipinski definition) is 2. The number of fused-ring (bicyclic) bond motifs is 1. The third kappa shape index (κ3) is 3.45. The molecular weight excluding hydrogens is 280 g/mol. The number of imidazole rings is 1. The lowest BCUT2D eigenvalue weighted by atomic mass is 10.2. The second kappa shape index (κ2) is 6.35. The molecule has 0 atom stereocenters. The van der Waals surface area contributed by atoms with Gasteiger partial charge in [-0.2, -0.15) is 11.8 Å². The number of thioether (sulfide) groups is 1. The molecule has 0 saturated carbocycles. The van der Waals surface area contributed by atoms with Gasteiger partial charge in [0.05, 0.1) is 21.8 Å². The van der Waals surface area contributed by atoms with E-state index in [-0.39, 0.29) is 0 Å². The minimum Gasteiger partial charge on any atom is -0.511 e. The minimum absolute atomic E-state index is 0.313. The number of aromatic amines is 1. The van der Waals surface area contributed by atoms with E-state index in [0.29, 0.717) is 27.2 Å². The van der Waals surface area contributed by atoms with E-state index in [4.69, 9.17) is 11.6 Å². The van der Waals surface area contributed by atoms with Gasteiger partial charge in [0.1, 0.15) is 11.2 Å². The van der Waals surface area contributed by atoms with Crippen molar-refractivity contribution in [2.75, 3.05) is 11.5 Å². The molecule has 2 aromatic rings. The van der Waals surface area contributed by atoms with Crippen molar-refractivity contribution in [2.24, 2.45) is 0 Å². The number of H-pyrrole nitrogens is 1. The summed E-state index contributed by atoms with van der Waals surface area (Å²) >= 11 is 7.90. The lowest BCUT2D eigenvalue weighted by Crippen LogP contribution is -2.09. The maximum absolute atomic E-state index is 10.1. The normalized spacial score (nSPS) is 12.9. The van der Waals surface area contributed by atoms with Crippen molar-refractivity contribution >= 4 is 46.7 Å². The van der Waals surface area contributed by atoms with E-state index in [2.05, 4.69) is 23.5 Å². The summed E-state index contributed by atoms with van der Waals surface area (Å²) in [5.41, 5.74) is 2.21. The van der Waals surface area contributed by atoms with Gasteiger partial charge in [-0.25, -0.2) is 4.98 Å². The molecule has 0 fully saturated rings. The Morgan fingerprint density at radius 3 is 3.05 bits per heavy atom. The van der Waals surface area contributed by atoms with Gasteiger partial charge >= 0.3 is 0 Å². The Morgan fingerprint density at radius 2 is 2.32 bits per heavy atom. The second-order valence-electron chi connectivity index (χ2n) is 4.39. The topological polar surface area (TPSA) is 48.9 Å². The molecule has 0 amide bonds. The van der Waals surface area contributed by atoms with Crippen molar-refractivity contribution in [3.63, 3.8) is 0 Å². The summed E-state index contributed by atoms with van der Waals surface area (Å²) in [5.74, 6) is 1.94. The van der Waals surface area contributed by atoms with Crippen molar-refractivity contribution in [3.05, 3.63) is 27.9 Å². The molecule has 1 aromatic carbocycles. The van der Waals surface area contributed by atoms with E-state index in [1.807, 2.05) is 6.07 Å². The van der Waals surface area contributed by atoms with Crippen LogP contribution in [0.5, 0.6) is 0 Å². The molecular formula is C14H17ClN2OS. The lowest BCUT2D eigenvalue weighted by Gasteiger charge is -2.02. The van der Waals surface area contributed by atoms with Crippen LogP contribution in [0.4, 0.5) is 0 Å². The third-order valence-corrected chi connectivity index (χ3v) is 4.18. The number of benzene rings is 1.